The standard InChI is InChI=1S/C19H24N4O6S2/c1-18(2,3)29-17(28)23-19(4-5-19)12(24)6-13(25)20-7-14-21-10(8-30-14)15-22-11(9-31-15)16(26)27/h8,11H,4-7,9H2,1-3H3,(H,20,25)(H,23,28)(H,26,27)/t11-/m0/s1. The van der Waals surface area contributed by atoms with Crippen LogP contribution in [0.25, 0.3) is 0 Å². The summed E-state index contributed by atoms with van der Waals surface area (Å²) in [6, 6.07) is -0.764. The highest BCUT2D eigenvalue weighted by Gasteiger charge is 2.51. The van der Waals surface area contributed by atoms with E-state index in [2.05, 4.69) is 20.6 Å². The lowest BCUT2D eigenvalue weighted by Crippen LogP contribution is -2.46. The van der Waals surface area contributed by atoms with Gasteiger partial charge in [0.1, 0.15) is 26.9 Å². The maximum absolute atomic E-state index is 12.5. The van der Waals surface area contributed by atoms with Gasteiger partial charge in [-0.1, -0.05) is 0 Å². The molecular weight excluding hydrogens is 444 g/mol. The van der Waals surface area contributed by atoms with Crippen molar-refractivity contribution < 1.29 is 29.0 Å². The molecule has 0 spiro atoms. The number of ketones is 1. The number of carboxylic acids is 1. The highest BCUT2D eigenvalue weighted by molar-refractivity contribution is 8.14. The number of rotatable bonds is 8. The summed E-state index contributed by atoms with van der Waals surface area (Å²) in [6.07, 6.45) is -0.0695. The molecule has 1 aromatic rings. The molecule has 3 N–H and O–H groups in total. The van der Waals surface area contributed by atoms with Crippen molar-refractivity contribution in [1.29, 1.82) is 0 Å². The second-order valence-corrected chi connectivity index (χ2v) is 10.3. The highest BCUT2D eigenvalue weighted by Crippen LogP contribution is 2.37. The third kappa shape index (κ3) is 6.26. The molecule has 1 saturated carbocycles. The largest absolute Gasteiger partial charge is 0.480 e. The van der Waals surface area contributed by atoms with Crippen molar-refractivity contribution >= 4 is 51.9 Å². The van der Waals surface area contributed by atoms with E-state index in [0.717, 1.165) is 0 Å². The average Bonchev–Trinajstić information content (AvgIpc) is 3.07. The minimum absolute atomic E-state index is 0.142. The van der Waals surface area contributed by atoms with Crippen LogP contribution in [0.15, 0.2) is 10.4 Å². The average molecular weight is 469 g/mol. The normalized spacial score (nSPS) is 19.3. The number of thioether (sulfide) groups is 1. The van der Waals surface area contributed by atoms with Crippen LogP contribution in [-0.4, -0.2) is 61.8 Å². The Bertz CT molecular complexity index is 932. The van der Waals surface area contributed by atoms with Crippen LogP contribution in [0.3, 0.4) is 0 Å². The second kappa shape index (κ2) is 8.95. The summed E-state index contributed by atoms with van der Waals surface area (Å²) >= 11 is 2.64. The third-order valence-electron chi connectivity index (χ3n) is 4.49. The van der Waals surface area contributed by atoms with Gasteiger partial charge in [-0.2, -0.15) is 0 Å². The molecule has 0 bridgehead atoms. The van der Waals surface area contributed by atoms with E-state index in [0.29, 0.717) is 34.3 Å². The summed E-state index contributed by atoms with van der Waals surface area (Å²) in [5, 5.41) is 17.2. The van der Waals surface area contributed by atoms with E-state index in [-0.39, 0.29) is 18.7 Å². The Kier molecular flexibility index (Phi) is 6.70. The van der Waals surface area contributed by atoms with Gasteiger partial charge in [0.15, 0.2) is 11.8 Å². The first-order chi connectivity index (χ1) is 14.5. The van der Waals surface area contributed by atoms with Gasteiger partial charge in [0.05, 0.1) is 13.0 Å². The number of nitrogens with zero attached hydrogens (tertiary/aromatic N) is 2. The molecule has 0 radical (unpaired) electrons. The number of hydrogen-bond donors (Lipinski definition) is 3. The molecule has 2 aliphatic rings. The lowest BCUT2D eigenvalue weighted by molar-refractivity contribution is -0.137. The molecule has 2 amide bonds. The first kappa shape index (κ1) is 23.2. The molecule has 3 rings (SSSR count). The first-order valence-corrected chi connectivity index (χ1v) is 11.5. The van der Waals surface area contributed by atoms with Gasteiger partial charge in [-0.15, -0.1) is 23.1 Å². The van der Waals surface area contributed by atoms with E-state index in [1.54, 1.807) is 26.2 Å². The summed E-state index contributed by atoms with van der Waals surface area (Å²) < 4.78 is 5.18. The van der Waals surface area contributed by atoms with E-state index in [1.165, 1.54) is 23.1 Å². The van der Waals surface area contributed by atoms with Crippen LogP contribution < -0.4 is 10.6 Å². The Morgan fingerprint density at radius 2 is 2.00 bits per heavy atom. The second-order valence-electron chi connectivity index (χ2n) is 8.31. The maximum Gasteiger partial charge on any atom is 0.408 e. The summed E-state index contributed by atoms with van der Waals surface area (Å²) in [5.74, 6) is -1.41. The molecule has 0 unspecified atom stereocenters. The van der Waals surface area contributed by atoms with Crippen molar-refractivity contribution in [2.45, 2.75) is 63.8 Å². The lowest BCUT2D eigenvalue weighted by atomic mass is 10.1. The van der Waals surface area contributed by atoms with Crippen LogP contribution in [0.5, 0.6) is 0 Å². The van der Waals surface area contributed by atoms with Gasteiger partial charge in [0.2, 0.25) is 5.91 Å². The number of aliphatic imine (C=N–C) groups is 1. The number of alkyl carbamates (subject to hydrolysis) is 1. The Hall–Kier alpha value is -2.47. The number of aromatic nitrogens is 1. The minimum atomic E-state index is -1.02. The third-order valence-corrected chi connectivity index (χ3v) is 6.41. The topological polar surface area (TPSA) is 147 Å². The number of carbonyl (C=O) groups is 4. The van der Waals surface area contributed by atoms with Crippen LogP contribution in [0.1, 0.15) is 50.7 Å². The summed E-state index contributed by atoms with van der Waals surface area (Å²) in [7, 11) is 0. The van der Waals surface area contributed by atoms with Gasteiger partial charge < -0.3 is 20.5 Å². The zero-order valence-electron chi connectivity index (χ0n) is 17.4. The number of aliphatic carboxylic acids is 1. The highest BCUT2D eigenvalue weighted by atomic mass is 32.2. The van der Waals surface area contributed by atoms with Crippen LogP contribution in [0.4, 0.5) is 4.79 Å². The van der Waals surface area contributed by atoms with Crippen molar-refractivity contribution in [3.63, 3.8) is 0 Å². The molecule has 1 aliphatic heterocycles. The summed E-state index contributed by atoms with van der Waals surface area (Å²) in [5.41, 5.74) is -1.12. The van der Waals surface area contributed by atoms with E-state index in [4.69, 9.17) is 9.84 Å². The number of carboxylic acid groups (broad SMARTS) is 1. The molecule has 10 nitrogen and oxygen atoms in total. The number of hydrogen-bond acceptors (Lipinski definition) is 9. The predicted molar refractivity (Wildman–Crippen MR) is 115 cm³/mol. The molecule has 168 valence electrons. The summed E-state index contributed by atoms with van der Waals surface area (Å²) in [4.78, 5) is 56.2. The Morgan fingerprint density at radius 1 is 1.29 bits per heavy atom. The van der Waals surface area contributed by atoms with Gasteiger partial charge in [-0.25, -0.2) is 14.6 Å². The Balaban J connectivity index is 1.47. The number of amides is 2. The fraction of sp³-hybridized carbons (Fsp3) is 0.579. The fourth-order valence-electron chi connectivity index (χ4n) is 2.78. The van der Waals surface area contributed by atoms with Crippen molar-refractivity contribution in [2.75, 3.05) is 5.75 Å². The molecule has 1 aliphatic carbocycles. The zero-order chi connectivity index (χ0) is 22.8. The van der Waals surface area contributed by atoms with Gasteiger partial charge in [-0.3, -0.25) is 14.6 Å². The van der Waals surface area contributed by atoms with E-state index in [1.807, 2.05) is 0 Å². The van der Waals surface area contributed by atoms with Crippen LogP contribution in [0.2, 0.25) is 0 Å². The molecule has 1 aromatic heterocycles. The lowest BCUT2D eigenvalue weighted by Gasteiger charge is -2.22. The van der Waals surface area contributed by atoms with Gasteiger partial charge in [0.25, 0.3) is 0 Å². The van der Waals surface area contributed by atoms with E-state index >= 15 is 0 Å². The quantitative estimate of drug-likeness (QED) is 0.489. The minimum Gasteiger partial charge on any atom is -0.480 e. The molecule has 2 heterocycles. The van der Waals surface area contributed by atoms with Crippen molar-refractivity contribution in [1.82, 2.24) is 15.6 Å². The molecule has 0 saturated heterocycles. The molecule has 12 heteroatoms. The maximum atomic E-state index is 12.5. The molecule has 1 fully saturated rings. The van der Waals surface area contributed by atoms with Gasteiger partial charge in [0, 0.05) is 11.1 Å². The first-order valence-electron chi connectivity index (χ1n) is 9.67. The van der Waals surface area contributed by atoms with Gasteiger partial charge >= 0.3 is 12.1 Å². The number of carbonyl (C=O) groups excluding carboxylic acids is 3. The monoisotopic (exact) mass is 468 g/mol. The van der Waals surface area contributed by atoms with Crippen LogP contribution in [0, 0.1) is 0 Å². The van der Waals surface area contributed by atoms with Gasteiger partial charge in [-0.05, 0) is 33.6 Å². The fourth-order valence-corrected chi connectivity index (χ4v) is 4.56. The number of nitrogens with one attached hydrogen (secondary N) is 2. The zero-order valence-corrected chi connectivity index (χ0v) is 19.0. The number of ether oxygens (including phenoxy) is 1. The summed E-state index contributed by atoms with van der Waals surface area (Å²) in [6.45, 7) is 5.33. The SMILES string of the molecule is CC(C)(C)OC(=O)NC1(C(=O)CC(=O)NCc2nc(C3=N[C@H](C(=O)O)CS3)cs2)CC1. The Morgan fingerprint density at radius 3 is 2.58 bits per heavy atom. The van der Waals surface area contributed by atoms with E-state index < -0.39 is 35.2 Å². The van der Waals surface area contributed by atoms with Crippen molar-refractivity contribution in [2.24, 2.45) is 4.99 Å². The van der Waals surface area contributed by atoms with Crippen LogP contribution >= 0.6 is 23.1 Å². The molecule has 31 heavy (non-hydrogen) atoms. The number of thiazole rings is 1. The smallest absolute Gasteiger partial charge is 0.408 e. The predicted octanol–water partition coefficient (Wildman–Crippen LogP) is 1.72. The molecular formula is C19H24N4O6S2. The number of Topliss-reactive ketones (excluding diaryl/α,β-unsaturated/α-hetero) is 1. The molecule has 0 aromatic carbocycles. The van der Waals surface area contributed by atoms with Crippen LogP contribution in [-0.2, 0) is 25.7 Å². The van der Waals surface area contributed by atoms with Crippen molar-refractivity contribution in [3.05, 3.63) is 16.1 Å². The van der Waals surface area contributed by atoms with E-state index in [9.17, 15) is 19.2 Å². The Labute approximate surface area is 187 Å². The van der Waals surface area contributed by atoms with Crippen molar-refractivity contribution in [3.8, 4) is 0 Å². The molecule has 1 atom stereocenters.